The molecule has 2 aromatic rings. The molecule has 0 saturated carbocycles. The molecule has 0 aromatic heterocycles. The number of unbranched alkanes of at least 4 members (excludes halogenated alkanes) is 1. The molecule has 7 nitrogen and oxygen atoms in total. The van der Waals surface area contributed by atoms with Gasteiger partial charge in [-0.15, -0.1) is 0 Å². The Morgan fingerprint density at radius 3 is 2.40 bits per heavy atom. The minimum Gasteiger partial charge on any atom is -0.507 e. The smallest absolute Gasteiger partial charge is 0.295 e. The molecule has 2 fully saturated rings. The van der Waals surface area contributed by atoms with Crippen LogP contribution in [0.25, 0.3) is 5.76 Å². The van der Waals surface area contributed by atoms with Crippen LogP contribution in [0.1, 0.15) is 36.9 Å². The summed E-state index contributed by atoms with van der Waals surface area (Å²) in [7, 11) is 0. The maximum atomic E-state index is 13.2. The molecule has 4 rings (SSSR count). The fourth-order valence-electron chi connectivity index (χ4n) is 4.38. The lowest BCUT2D eigenvalue weighted by molar-refractivity contribution is -0.140. The molecule has 1 N–H and O–H groups in total. The third-order valence-electron chi connectivity index (χ3n) is 6.38. The second-order valence-electron chi connectivity index (χ2n) is 8.72. The van der Waals surface area contributed by atoms with E-state index in [4.69, 9.17) is 9.47 Å². The quantitative estimate of drug-likeness (QED) is 0.219. The number of aliphatic hydroxyl groups excluding tert-OH is 1. The number of carbonyl (C=O) groups is 2. The van der Waals surface area contributed by atoms with E-state index >= 15 is 0 Å². The van der Waals surface area contributed by atoms with Crippen LogP contribution in [-0.2, 0) is 14.3 Å². The van der Waals surface area contributed by atoms with Gasteiger partial charge in [0.05, 0.1) is 31.4 Å². The van der Waals surface area contributed by atoms with Crippen LogP contribution in [-0.4, -0.2) is 72.6 Å². The van der Waals surface area contributed by atoms with Crippen molar-refractivity contribution in [3.8, 4) is 5.75 Å². The van der Waals surface area contributed by atoms with Gasteiger partial charge in [0.2, 0.25) is 0 Å². The SMILES string of the molecule is CCCCOc1ccc(C2/C(=C(\O)c3ccc(Br)cc3)C(=O)C(=O)N2CCN2CCOCC2)cc1. The summed E-state index contributed by atoms with van der Waals surface area (Å²) in [5, 5.41) is 11.2. The molecule has 1 amide bonds. The predicted octanol–water partition coefficient (Wildman–Crippen LogP) is 4.38. The lowest BCUT2D eigenvalue weighted by Gasteiger charge is -2.31. The van der Waals surface area contributed by atoms with Gasteiger partial charge in [-0.2, -0.15) is 0 Å². The van der Waals surface area contributed by atoms with Crippen molar-refractivity contribution in [1.29, 1.82) is 0 Å². The van der Waals surface area contributed by atoms with Gasteiger partial charge in [-0.25, -0.2) is 0 Å². The fraction of sp³-hybridized carbons (Fsp3) is 0.407. The fourth-order valence-corrected chi connectivity index (χ4v) is 4.64. The summed E-state index contributed by atoms with van der Waals surface area (Å²) < 4.78 is 12.1. The maximum Gasteiger partial charge on any atom is 0.295 e. The van der Waals surface area contributed by atoms with E-state index in [9.17, 15) is 14.7 Å². The lowest BCUT2D eigenvalue weighted by atomic mass is 9.95. The first-order chi connectivity index (χ1) is 17.0. The highest BCUT2D eigenvalue weighted by atomic mass is 79.9. The molecule has 2 saturated heterocycles. The Labute approximate surface area is 214 Å². The Balaban J connectivity index is 1.67. The van der Waals surface area contributed by atoms with E-state index in [2.05, 4.69) is 27.8 Å². The summed E-state index contributed by atoms with van der Waals surface area (Å²) in [6.07, 6.45) is 2.02. The van der Waals surface area contributed by atoms with Crippen LogP contribution in [0.2, 0.25) is 0 Å². The number of Topliss-reactive ketones (excluding diaryl/α,β-unsaturated/α-hetero) is 1. The first kappa shape index (κ1) is 25.4. The van der Waals surface area contributed by atoms with Crippen molar-refractivity contribution >= 4 is 33.4 Å². The molecular weight excluding hydrogens is 512 g/mol. The van der Waals surface area contributed by atoms with E-state index in [1.165, 1.54) is 0 Å². The third-order valence-corrected chi connectivity index (χ3v) is 6.91. The Morgan fingerprint density at radius 2 is 1.74 bits per heavy atom. The number of aliphatic hydroxyl groups is 1. The summed E-state index contributed by atoms with van der Waals surface area (Å²) in [6.45, 7) is 6.64. The molecule has 0 radical (unpaired) electrons. The van der Waals surface area contributed by atoms with Gasteiger partial charge in [-0.05, 0) is 36.2 Å². The molecule has 2 aliphatic rings. The van der Waals surface area contributed by atoms with Crippen LogP contribution in [0, 0.1) is 0 Å². The third kappa shape index (κ3) is 5.94. The van der Waals surface area contributed by atoms with Crippen molar-refractivity contribution in [2.24, 2.45) is 0 Å². The van der Waals surface area contributed by atoms with Gasteiger partial charge < -0.3 is 19.5 Å². The maximum absolute atomic E-state index is 13.2. The average Bonchev–Trinajstić information content (AvgIpc) is 3.13. The number of amides is 1. The molecule has 1 atom stereocenters. The summed E-state index contributed by atoms with van der Waals surface area (Å²) in [6, 6.07) is 13.8. The molecule has 2 aromatic carbocycles. The van der Waals surface area contributed by atoms with E-state index < -0.39 is 17.7 Å². The number of hydrogen-bond donors (Lipinski definition) is 1. The molecule has 2 aliphatic heterocycles. The van der Waals surface area contributed by atoms with Crippen LogP contribution in [0.3, 0.4) is 0 Å². The number of morpholine rings is 1. The van der Waals surface area contributed by atoms with E-state index in [0.29, 0.717) is 38.5 Å². The van der Waals surface area contributed by atoms with Crippen molar-refractivity contribution in [3.05, 3.63) is 69.7 Å². The number of ketones is 1. The van der Waals surface area contributed by atoms with Crippen molar-refractivity contribution in [2.45, 2.75) is 25.8 Å². The molecule has 0 spiro atoms. The van der Waals surface area contributed by atoms with Crippen molar-refractivity contribution < 1.29 is 24.2 Å². The number of hydrogen-bond acceptors (Lipinski definition) is 6. The highest BCUT2D eigenvalue weighted by Gasteiger charge is 2.46. The van der Waals surface area contributed by atoms with Crippen LogP contribution in [0.15, 0.2) is 58.6 Å². The van der Waals surface area contributed by atoms with E-state index in [-0.39, 0.29) is 11.3 Å². The van der Waals surface area contributed by atoms with E-state index in [0.717, 1.165) is 41.7 Å². The van der Waals surface area contributed by atoms with Crippen molar-refractivity contribution in [3.63, 3.8) is 0 Å². The largest absolute Gasteiger partial charge is 0.507 e. The minimum absolute atomic E-state index is 0.110. The summed E-state index contributed by atoms with van der Waals surface area (Å²) >= 11 is 3.39. The molecule has 0 aliphatic carbocycles. The zero-order valence-corrected chi connectivity index (χ0v) is 21.5. The molecule has 35 heavy (non-hydrogen) atoms. The zero-order chi connectivity index (χ0) is 24.8. The molecule has 8 heteroatoms. The van der Waals surface area contributed by atoms with Crippen LogP contribution >= 0.6 is 15.9 Å². The monoisotopic (exact) mass is 542 g/mol. The Kier molecular flexibility index (Phi) is 8.59. The number of rotatable bonds is 9. The highest BCUT2D eigenvalue weighted by molar-refractivity contribution is 9.10. The normalized spacial score (nSPS) is 20.4. The Bertz CT molecular complexity index is 1060. The summed E-state index contributed by atoms with van der Waals surface area (Å²) in [4.78, 5) is 30.2. The van der Waals surface area contributed by atoms with Gasteiger partial charge in [0.1, 0.15) is 11.5 Å². The Hall–Kier alpha value is -2.68. The Morgan fingerprint density at radius 1 is 1.06 bits per heavy atom. The molecule has 186 valence electrons. The zero-order valence-electron chi connectivity index (χ0n) is 19.9. The van der Waals surface area contributed by atoms with Crippen molar-refractivity contribution in [1.82, 2.24) is 9.80 Å². The number of nitrogens with zero attached hydrogens (tertiary/aromatic N) is 2. The summed E-state index contributed by atoms with van der Waals surface area (Å²) in [5.41, 5.74) is 1.36. The van der Waals surface area contributed by atoms with Crippen LogP contribution in [0.4, 0.5) is 0 Å². The standard InChI is InChI=1S/C27H31BrN2O5/c1-2-3-16-35-22-10-6-19(7-11-22)24-23(25(31)20-4-8-21(28)9-5-20)26(32)27(33)30(24)13-12-29-14-17-34-18-15-29/h4-11,24,31H,2-3,12-18H2,1H3/b25-23+. The molecule has 1 unspecified atom stereocenters. The van der Waals surface area contributed by atoms with Gasteiger partial charge in [-0.3, -0.25) is 14.5 Å². The number of carbonyl (C=O) groups excluding carboxylic acids is 2. The second kappa shape index (κ2) is 11.8. The number of ether oxygens (including phenoxy) is 2. The molecule has 0 bridgehead atoms. The summed E-state index contributed by atoms with van der Waals surface area (Å²) in [5.74, 6) is -0.691. The van der Waals surface area contributed by atoms with Gasteiger partial charge in [0.15, 0.2) is 0 Å². The van der Waals surface area contributed by atoms with E-state index in [1.54, 1.807) is 29.2 Å². The van der Waals surface area contributed by atoms with Gasteiger partial charge >= 0.3 is 0 Å². The van der Waals surface area contributed by atoms with Gasteiger partial charge in [0, 0.05) is 36.2 Å². The first-order valence-corrected chi connectivity index (χ1v) is 12.9. The second-order valence-corrected chi connectivity index (χ2v) is 9.64. The predicted molar refractivity (Wildman–Crippen MR) is 137 cm³/mol. The average molecular weight is 543 g/mol. The minimum atomic E-state index is -0.677. The number of halogens is 1. The number of likely N-dealkylation sites (tertiary alicyclic amines) is 1. The van der Waals surface area contributed by atoms with Crippen molar-refractivity contribution in [2.75, 3.05) is 46.0 Å². The topological polar surface area (TPSA) is 79.3 Å². The van der Waals surface area contributed by atoms with Gasteiger partial charge in [-0.1, -0.05) is 53.5 Å². The molecular formula is C27H31BrN2O5. The molecule has 2 heterocycles. The van der Waals surface area contributed by atoms with Crippen LogP contribution in [0.5, 0.6) is 5.75 Å². The van der Waals surface area contributed by atoms with E-state index in [1.807, 2.05) is 24.3 Å². The highest BCUT2D eigenvalue weighted by Crippen LogP contribution is 2.39. The first-order valence-electron chi connectivity index (χ1n) is 12.1. The van der Waals surface area contributed by atoms with Crippen LogP contribution < -0.4 is 4.74 Å². The van der Waals surface area contributed by atoms with Gasteiger partial charge in [0.25, 0.3) is 11.7 Å². The number of benzene rings is 2. The lowest BCUT2D eigenvalue weighted by Crippen LogP contribution is -2.42.